The molecule has 176 valence electrons. The molecule has 0 saturated heterocycles. The summed E-state index contributed by atoms with van der Waals surface area (Å²) in [5, 5.41) is 0. The molecule has 5 rings (SSSR count). The highest BCUT2D eigenvalue weighted by Gasteiger charge is 2.13. The summed E-state index contributed by atoms with van der Waals surface area (Å²) < 4.78 is 5.38. The second-order valence-electron chi connectivity index (χ2n) is 8.75. The molecule has 0 atom stereocenters. The van der Waals surface area contributed by atoms with Crippen molar-refractivity contribution in [1.82, 2.24) is 0 Å². The van der Waals surface area contributed by atoms with Crippen molar-refractivity contribution in [2.45, 2.75) is 6.92 Å². The zero-order valence-corrected chi connectivity index (χ0v) is 20.6. The fraction of sp³-hybridized carbons (Fsp3) is 0.0588. The fourth-order valence-electron chi connectivity index (χ4n) is 4.33. The van der Waals surface area contributed by atoms with E-state index in [-0.39, 0.29) is 0 Å². The summed E-state index contributed by atoms with van der Waals surface area (Å²) in [6.45, 7) is 2.11. The lowest BCUT2D eigenvalue weighted by Crippen LogP contribution is -2.09. The normalized spacial score (nSPS) is 10.5. The third-order valence-corrected chi connectivity index (χ3v) is 6.25. The molecular formula is C34H29NO. The molecule has 0 spiro atoms. The largest absolute Gasteiger partial charge is 0.497 e. The maximum absolute atomic E-state index is 5.38. The van der Waals surface area contributed by atoms with E-state index in [1.54, 1.807) is 7.11 Å². The molecule has 0 bridgehead atoms. The molecule has 5 aromatic rings. The predicted molar refractivity (Wildman–Crippen MR) is 152 cm³/mol. The number of aryl methyl sites for hydroxylation is 1. The lowest BCUT2D eigenvalue weighted by atomic mass is 9.95. The van der Waals surface area contributed by atoms with Crippen LogP contribution in [-0.4, -0.2) is 7.11 Å². The molecular weight excluding hydrogens is 438 g/mol. The van der Waals surface area contributed by atoms with Crippen LogP contribution in [0.25, 0.3) is 11.6 Å². The minimum atomic E-state index is 0.845. The van der Waals surface area contributed by atoms with Crippen LogP contribution in [0.4, 0.5) is 17.1 Å². The Balaban J connectivity index is 1.54. The topological polar surface area (TPSA) is 12.5 Å². The van der Waals surface area contributed by atoms with Gasteiger partial charge in [-0.2, -0.15) is 0 Å². The first-order chi connectivity index (χ1) is 17.7. The van der Waals surface area contributed by atoms with E-state index in [9.17, 15) is 0 Å². The van der Waals surface area contributed by atoms with Gasteiger partial charge in [0.1, 0.15) is 5.75 Å². The van der Waals surface area contributed by atoms with E-state index >= 15 is 0 Å². The van der Waals surface area contributed by atoms with E-state index in [1.807, 2.05) is 12.1 Å². The standard InChI is InChI=1S/C34H29NO/c1-26-13-17-30(18-14-26)35(32-21-23-33(36-2)24-22-32)31-19-15-27(16-20-31)25-34(28-9-5-3-6-10-28)29-11-7-4-8-12-29/h3-25H,1-2H3. The summed E-state index contributed by atoms with van der Waals surface area (Å²) in [4.78, 5) is 2.27. The summed E-state index contributed by atoms with van der Waals surface area (Å²) in [5.74, 6) is 0.845. The molecule has 0 heterocycles. The molecule has 0 aliphatic heterocycles. The number of nitrogens with zero attached hydrogens (tertiary/aromatic N) is 1. The van der Waals surface area contributed by atoms with Crippen LogP contribution >= 0.6 is 0 Å². The minimum Gasteiger partial charge on any atom is -0.497 e. The molecule has 0 radical (unpaired) electrons. The Kier molecular flexibility index (Phi) is 6.95. The van der Waals surface area contributed by atoms with Crippen molar-refractivity contribution in [3.05, 3.63) is 156 Å². The van der Waals surface area contributed by atoms with Crippen LogP contribution in [0.1, 0.15) is 22.3 Å². The van der Waals surface area contributed by atoms with Gasteiger partial charge in [0.25, 0.3) is 0 Å². The molecule has 0 aromatic heterocycles. The van der Waals surface area contributed by atoms with Gasteiger partial charge in [-0.3, -0.25) is 0 Å². The molecule has 0 aliphatic carbocycles. The predicted octanol–water partition coefficient (Wildman–Crippen LogP) is 9.06. The van der Waals surface area contributed by atoms with Crippen molar-refractivity contribution in [2.24, 2.45) is 0 Å². The summed E-state index contributed by atoms with van der Waals surface area (Å²) in [6, 6.07) is 46.7. The molecule has 0 unspecified atom stereocenters. The zero-order valence-electron chi connectivity index (χ0n) is 20.6. The molecule has 5 aromatic carbocycles. The van der Waals surface area contributed by atoms with Gasteiger partial charge in [-0.15, -0.1) is 0 Å². The molecule has 0 amide bonds. The van der Waals surface area contributed by atoms with Crippen LogP contribution in [0.3, 0.4) is 0 Å². The summed E-state index contributed by atoms with van der Waals surface area (Å²) in [5.41, 5.74) is 9.29. The second kappa shape index (κ2) is 10.8. The first kappa shape index (κ1) is 23.2. The Bertz CT molecular complexity index is 1380. The van der Waals surface area contributed by atoms with Crippen molar-refractivity contribution in [1.29, 1.82) is 0 Å². The molecule has 0 fully saturated rings. The number of benzene rings is 5. The van der Waals surface area contributed by atoms with Crippen molar-refractivity contribution < 1.29 is 4.74 Å². The van der Waals surface area contributed by atoms with E-state index in [0.717, 1.165) is 28.4 Å². The van der Waals surface area contributed by atoms with Crippen LogP contribution < -0.4 is 9.64 Å². The molecule has 36 heavy (non-hydrogen) atoms. The smallest absolute Gasteiger partial charge is 0.119 e. The van der Waals surface area contributed by atoms with Crippen LogP contribution in [0, 0.1) is 6.92 Å². The van der Waals surface area contributed by atoms with Gasteiger partial charge >= 0.3 is 0 Å². The first-order valence-electron chi connectivity index (χ1n) is 12.1. The maximum atomic E-state index is 5.38. The quantitative estimate of drug-likeness (QED) is 0.221. The minimum absolute atomic E-state index is 0.845. The number of anilines is 3. The van der Waals surface area contributed by atoms with E-state index in [4.69, 9.17) is 4.74 Å². The fourth-order valence-corrected chi connectivity index (χ4v) is 4.33. The summed E-state index contributed by atoms with van der Waals surface area (Å²) in [6.07, 6.45) is 2.26. The monoisotopic (exact) mass is 467 g/mol. The average molecular weight is 468 g/mol. The van der Waals surface area contributed by atoms with E-state index in [2.05, 4.69) is 139 Å². The average Bonchev–Trinajstić information content (AvgIpc) is 2.95. The van der Waals surface area contributed by atoms with Crippen LogP contribution in [0.15, 0.2) is 133 Å². The van der Waals surface area contributed by atoms with Gasteiger partial charge in [0.05, 0.1) is 7.11 Å². The Morgan fingerprint density at radius 1 is 0.556 bits per heavy atom. The van der Waals surface area contributed by atoms with Gasteiger partial charge in [-0.25, -0.2) is 0 Å². The maximum Gasteiger partial charge on any atom is 0.119 e. The Labute approximate surface area is 213 Å². The third-order valence-electron chi connectivity index (χ3n) is 6.25. The van der Waals surface area contributed by atoms with Crippen molar-refractivity contribution in [3.8, 4) is 5.75 Å². The number of rotatable bonds is 7. The number of ether oxygens (including phenoxy) is 1. The highest BCUT2D eigenvalue weighted by atomic mass is 16.5. The highest BCUT2D eigenvalue weighted by molar-refractivity contribution is 5.91. The molecule has 0 aliphatic rings. The van der Waals surface area contributed by atoms with E-state index < -0.39 is 0 Å². The highest BCUT2D eigenvalue weighted by Crippen LogP contribution is 2.36. The van der Waals surface area contributed by atoms with Gasteiger partial charge in [0.2, 0.25) is 0 Å². The Morgan fingerprint density at radius 3 is 1.47 bits per heavy atom. The van der Waals surface area contributed by atoms with Crippen molar-refractivity contribution in [3.63, 3.8) is 0 Å². The van der Waals surface area contributed by atoms with Crippen molar-refractivity contribution in [2.75, 3.05) is 12.0 Å². The van der Waals surface area contributed by atoms with Crippen LogP contribution in [0.5, 0.6) is 5.75 Å². The molecule has 2 heteroatoms. The number of methoxy groups -OCH3 is 1. The van der Waals surface area contributed by atoms with Crippen LogP contribution in [0.2, 0.25) is 0 Å². The molecule has 0 saturated carbocycles. The number of hydrogen-bond donors (Lipinski definition) is 0. The lowest BCUT2D eigenvalue weighted by Gasteiger charge is -2.26. The molecule has 0 N–H and O–H groups in total. The third kappa shape index (κ3) is 5.24. The van der Waals surface area contributed by atoms with Gasteiger partial charge in [0, 0.05) is 17.1 Å². The van der Waals surface area contributed by atoms with Gasteiger partial charge in [-0.05, 0) is 83.8 Å². The van der Waals surface area contributed by atoms with Crippen LogP contribution in [-0.2, 0) is 0 Å². The Morgan fingerprint density at radius 2 is 1.00 bits per heavy atom. The summed E-state index contributed by atoms with van der Waals surface area (Å²) >= 11 is 0. The van der Waals surface area contributed by atoms with Gasteiger partial charge in [-0.1, -0.05) is 90.5 Å². The Hall–Kier alpha value is -4.56. The SMILES string of the molecule is COc1ccc(N(c2ccc(C)cc2)c2ccc(C=C(c3ccccc3)c3ccccc3)cc2)cc1. The van der Waals surface area contributed by atoms with E-state index in [0.29, 0.717) is 0 Å². The first-order valence-corrected chi connectivity index (χ1v) is 12.1. The van der Waals surface area contributed by atoms with Gasteiger partial charge < -0.3 is 9.64 Å². The van der Waals surface area contributed by atoms with Gasteiger partial charge in [0.15, 0.2) is 0 Å². The molecule has 2 nitrogen and oxygen atoms in total. The van der Waals surface area contributed by atoms with Crippen molar-refractivity contribution >= 4 is 28.7 Å². The summed E-state index contributed by atoms with van der Waals surface area (Å²) in [7, 11) is 1.69. The number of hydrogen-bond acceptors (Lipinski definition) is 2. The lowest BCUT2D eigenvalue weighted by molar-refractivity contribution is 0.415. The zero-order chi connectivity index (χ0) is 24.7. The van der Waals surface area contributed by atoms with E-state index in [1.165, 1.54) is 22.3 Å². The second-order valence-corrected chi connectivity index (χ2v) is 8.75.